The highest BCUT2D eigenvalue weighted by molar-refractivity contribution is 7.91. The number of nitrogens with one attached hydrogen (secondary N) is 1. The first-order chi connectivity index (χ1) is 9.96. The molecule has 2 aromatic rings. The van der Waals surface area contributed by atoms with E-state index in [1.165, 1.54) is 12.3 Å². The Balaban J connectivity index is 2.00. The van der Waals surface area contributed by atoms with Gasteiger partial charge in [0.05, 0.1) is 16.4 Å². The molecule has 1 N–H and O–H groups in total. The predicted molar refractivity (Wildman–Crippen MR) is 79.1 cm³/mol. The lowest BCUT2D eigenvalue weighted by Gasteiger charge is -2.14. The van der Waals surface area contributed by atoms with Gasteiger partial charge in [0, 0.05) is 29.4 Å². The Bertz CT molecular complexity index is 819. The molecule has 1 aliphatic rings. The third-order valence-corrected chi connectivity index (χ3v) is 5.31. The van der Waals surface area contributed by atoms with Gasteiger partial charge in [0.25, 0.3) is 5.69 Å². The van der Waals surface area contributed by atoms with E-state index in [2.05, 4.69) is 10.3 Å². The molecule has 0 radical (unpaired) electrons. The van der Waals surface area contributed by atoms with Crippen LogP contribution in [0.25, 0.3) is 10.9 Å². The fraction of sp³-hybridized carbons (Fsp3) is 0.308. The number of nitro benzene ring substituents is 1. The number of hydrogen-bond donors (Lipinski definition) is 1. The van der Waals surface area contributed by atoms with Crippen LogP contribution in [0.1, 0.15) is 6.42 Å². The highest BCUT2D eigenvalue weighted by Gasteiger charge is 2.28. The number of sulfone groups is 1. The molecule has 1 aromatic carbocycles. The molecule has 0 aliphatic carbocycles. The maximum atomic E-state index is 11.5. The Morgan fingerprint density at radius 2 is 2.14 bits per heavy atom. The zero-order chi connectivity index (χ0) is 15.0. The van der Waals surface area contributed by atoms with Crippen LogP contribution in [0.15, 0.2) is 30.5 Å². The maximum Gasteiger partial charge on any atom is 0.295 e. The van der Waals surface area contributed by atoms with Gasteiger partial charge in [0.2, 0.25) is 0 Å². The third kappa shape index (κ3) is 2.66. The summed E-state index contributed by atoms with van der Waals surface area (Å²) >= 11 is 0. The first-order valence-electron chi connectivity index (χ1n) is 6.45. The molecule has 0 saturated carbocycles. The van der Waals surface area contributed by atoms with E-state index < -0.39 is 14.8 Å². The number of para-hydroxylation sites is 1. The molecular weight excluding hydrogens is 294 g/mol. The van der Waals surface area contributed by atoms with Crippen molar-refractivity contribution in [2.75, 3.05) is 16.8 Å². The van der Waals surface area contributed by atoms with Gasteiger partial charge in [-0.1, -0.05) is 12.1 Å². The first-order valence-corrected chi connectivity index (χ1v) is 8.27. The Labute approximate surface area is 121 Å². The van der Waals surface area contributed by atoms with Crippen LogP contribution in [0, 0.1) is 10.1 Å². The van der Waals surface area contributed by atoms with E-state index in [0.717, 1.165) is 0 Å². The Morgan fingerprint density at radius 3 is 2.81 bits per heavy atom. The summed E-state index contributed by atoms with van der Waals surface area (Å²) in [7, 11) is -2.98. The zero-order valence-electron chi connectivity index (χ0n) is 11.0. The number of non-ortho nitro benzene ring substituents is 1. The molecule has 1 saturated heterocycles. The van der Waals surface area contributed by atoms with Crippen LogP contribution in [0.5, 0.6) is 0 Å². The Morgan fingerprint density at radius 1 is 1.33 bits per heavy atom. The minimum atomic E-state index is -2.98. The molecule has 0 amide bonds. The van der Waals surface area contributed by atoms with Gasteiger partial charge in [0.1, 0.15) is 5.52 Å². The van der Waals surface area contributed by atoms with Crippen molar-refractivity contribution in [1.29, 1.82) is 0 Å². The number of nitrogens with zero attached hydrogens (tertiary/aromatic N) is 2. The monoisotopic (exact) mass is 307 g/mol. The van der Waals surface area contributed by atoms with Gasteiger partial charge in [-0.2, -0.15) is 0 Å². The molecule has 0 bridgehead atoms. The van der Waals surface area contributed by atoms with E-state index in [4.69, 9.17) is 0 Å². The minimum absolute atomic E-state index is 0.0600. The van der Waals surface area contributed by atoms with E-state index in [-0.39, 0.29) is 23.2 Å². The summed E-state index contributed by atoms with van der Waals surface area (Å²) in [4.78, 5) is 14.6. The summed E-state index contributed by atoms with van der Waals surface area (Å²) in [6.45, 7) is 0. The van der Waals surface area contributed by atoms with Crippen molar-refractivity contribution in [3.8, 4) is 0 Å². The van der Waals surface area contributed by atoms with Crippen molar-refractivity contribution in [2.45, 2.75) is 12.5 Å². The third-order valence-electron chi connectivity index (χ3n) is 3.54. The van der Waals surface area contributed by atoms with Crippen molar-refractivity contribution in [2.24, 2.45) is 0 Å². The summed E-state index contributed by atoms with van der Waals surface area (Å²) in [5, 5.41) is 14.8. The molecule has 1 fully saturated rings. The fourth-order valence-corrected chi connectivity index (χ4v) is 4.24. The Kier molecular flexibility index (Phi) is 3.25. The first kappa shape index (κ1) is 13.7. The van der Waals surface area contributed by atoms with Gasteiger partial charge in [-0.3, -0.25) is 10.1 Å². The number of hydrogen-bond acceptors (Lipinski definition) is 6. The van der Waals surface area contributed by atoms with Gasteiger partial charge >= 0.3 is 0 Å². The van der Waals surface area contributed by atoms with Gasteiger partial charge < -0.3 is 5.32 Å². The number of nitro groups is 1. The lowest BCUT2D eigenvalue weighted by atomic mass is 10.1. The molecule has 2 heterocycles. The van der Waals surface area contributed by atoms with Crippen molar-refractivity contribution < 1.29 is 13.3 Å². The highest BCUT2D eigenvalue weighted by atomic mass is 32.2. The highest BCUT2D eigenvalue weighted by Crippen LogP contribution is 2.29. The average molecular weight is 307 g/mol. The summed E-state index contributed by atoms with van der Waals surface area (Å²) < 4.78 is 23.0. The second-order valence-electron chi connectivity index (χ2n) is 5.03. The van der Waals surface area contributed by atoms with Crippen LogP contribution in [-0.4, -0.2) is 35.9 Å². The normalized spacial score (nSPS) is 20.5. The Hall–Kier alpha value is -2.22. The van der Waals surface area contributed by atoms with Crippen LogP contribution >= 0.6 is 0 Å². The van der Waals surface area contributed by atoms with Crippen LogP contribution < -0.4 is 5.32 Å². The molecule has 3 rings (SSSR count). The topological polar surface area (TPSA) is 102 Å². The lowest BCUT2D eigenvalue weighted by Crippen LogP contribution is -2.20. The molecule has 1 aliphatic heterocycles. The van der Waals surface area contributed by atoms with Crippen molar-refractivity contribution in [3.63, 3.8) is 0 Å². The number of anilines is 1. The molecule has 1 atom stereocenters. The quantitative estimate of drug-likeness (QED) is 0.684. The van der Waals surface area contributed by atoms with Crippen LogP contribution in [0.4, 0.5) is 11.4 Å². The number of rotatable bonds is 3. The summed E-state index contributed by atoms with van der Waals surface area (Å²) in [6.07, 6.45) is 2.03. The molecule has 1 aromatic heterocycles. The van der Waals surface area contributed by atoms with E-state index in [1.54, 1.807) is 18.2 Å². The molecule has 8 heteroatoms. The maximum absolute atomic E-state index is 11.5. The average Bonchev–Trinajstić information content (AvgIpc) is 2.77. The molecule has 7 nitrogen and oxygen atoms in total. The molecule has 1 unspecified atom stereocenters. The van der Waals surface area contributed by atoms with E-state index in [1.807, 2.05) is 0 Å². The summed E-state index contributed by atoms with van der Waals surface area (Å²) in [5.74, 6) is 0.263. The van der Waals surface area contributed by atoms with Crippen LogP contribution in [0.2, 0.25) is 0 Å². The smallest absolute Gasteiger partial charge is 0.295 e. The van der Waals surface area contributed by atoms with Crippen molar-refractivity contribution in [1.82, 2.24) is 4.98 Å². The second kappa shape index (κ2) is 4.96. The molecular formula is C13H13N3O4S. The predicted octanol–water partition coefficient (Wildman–Crippen LogP) is 1.74. The molecule has 110 valence electrons. The van der Waals surface area contributed by atoms with Crippen molar-refractivity contribution >= 4 is 32.1 Å². The van der Waals surface area contributed by atoms with Crippen LogP contribution in [-0.2, 0) is 9.84 Å². The number of benzene rings is 1. The number of pyridine rings is 1. The van der Waals surface area contributed by atoms with Gasteiger partial charge in [0.15, 0.2) is 9.84 Å². The summed E-state index contributed by atoms with van der Waals surface area (Å²) in [6, 6.07) is 6.27. The van der Waals surface area contributed by atoms with E-state index in [0.29, 0.717) is 23.0 Å². The largest absolute Gasteiger partial charge is 0.381 e. The second-order valence-corrected chi connectivity index (χ2v) is 7.26. The minimum Gasteiger partial charge on any atom is -0.381 e. The lowest BCUT2D eigenvalue weighted by molar-refractivity contribution is -0.383. The standard InChI is InChI=1S/C13H13N3O4S/c17-16(18)12-3-1-2-10-11(4-6-14-13(10)12)15-9-5-7-21(19,20)8-9/h1-4,6,9H,5,7-8H2,(H,14,15). The SMILES string of the molecule is O=[N+]([O-])c1cccc2c(NC3CCS(=O)(=O)C3)ccnc12. The van der Waals surface area contributed by atoms with E-state index in [9.17, 15) is 18.5 Å². The van der Waals surface area contributed by atoms with Gasteiger partial charge in [-0.05, 0) is 12.5 Å². The fourth-order valence-electron chi connectivity index (χ4n) is 2.56. The zero-order valence-corrected chi connectivity index (χ0v) is 11.8. The summed E-state index contributed by atoms with van der Waals surface area (Å²) in [5.41, 5.74) is 0.911. The van der Waals surface area contributed by atoms with Gasteiger partial charge in [-0.15, -0.1) is 0 Å². The molecule has 21 heavy (non-hydrogen) atoms. The number of fused-ring (bicyclic) bond motifs is 1. The van der Waals surface area contributed by atoms with E-state index >= 15 is 0 Å². The van der Waals surface area contributed by atoms with Crippen LogP contribution in [0.3, 0.4) is 0 Å². The van der Waals surface area contributed by atoms with Gasteiger partial charge in [-0.25, -0.2) is 13.4 Å². The molecule has 0 spiro atoms. The van der Waals surface area contributed by atoms with Crippen molar-refractivity contribution in [3.05, 3.63) is 40.6 Å². The number of aromatic nitrogens is 1.